The van der Waals surface area contributed by atoms with Crippen LogP contribution in [-0.2, 0) is 6.54 Å². The van der Waals surface area contributed by atoms with E-state index in [9.17, 15) is 9.18 Å². The summed E-state index contributed by atoms with van der Waals surface area (Å²) in [5.74, 6) is -0.430. The number of benzene rings is 2. The molecular weight excluding hydrogens is 345 g/mol. The predicted molar refractivity (Wildman–Crippen MR) is 93.2 cm³/mol. The normalized spacial score (nSPS) is 10.5. The molecule has 0 spiro atoms. The molecule has 1 aromatic heterocycles. The van der Waals surface area contributed by atoms with Crippen LogP contribution in [0.3, 0.4) is 0 Å². The van der Waals surface area contributed by atoms with Gasteiger partial charge in [0.25, 0.3) is 5.91 Å². The van der Waals surface area contributed by atoms with E-state index in [-0.39, 0.29) is 23.0 Å². The lowest BCUT2D eigenvalue weighted by molar-refractivity contribution is 0.0947. The standard InChI is InChI=1S/C18H15ClFN3O2/c1-25-17-7-11(12-8-22-23-9-12)5-6-13(17)18(24)21-10-14-15(19)3-2-4-16(14)20/h2-9H,10H2,1H3,(H,21,24)(H,22,23). The number of carbonyl (C=O) groups is 1. The number of hydrogen-bond acceptors (Lipinski definition) is 3. The number of hydrogen-bond donors (Lipinski definition) is 2. The van der Waals surface area contributed by atoms with Gasteiger partial charge in [0.15, 0.2) is 0 Å². The molecule has 0 aliphatic carbocycles. The molecule has 0 saturated carbocycles. The van der Waals surface area contributed by atoms with E-state index in [0.29, 0.717) is 11.3 Å². The molecule has 0 aliphatic heterocycles. The fraction of sp³-hybridized carbons (Fsp3) is 0.111. The van der Waals surface area contributed by atoms with Crippen LogP contribution in [0.25, 0.3) is 11.1 Å². The Morgan fingerprint density at radius 2 is 2.16 bits per heavy atom. The fourth-order valence-corrected chi connectivity index (χ4v) is 2.66. The van der Waals surface area contributed by atoms with E-state index in [1.54, 1.807) is 36.7 Å². The van der Waals surface area contributed by atoms with Gasteiger partial charge in [0, 0.05) is 28.9 Å². The zero-order valence-electron chi connectivity index (χ0n) is 13.3. The van der Waals surface area contributed by atoms with E-state index < -0.39 is 5.82 Å². The molecule has 0 fully saturated rings. The van der Waals surface area contributed by atoms with Crippen LogP contribution in [-0.4, -0.2) is 23.2 Å². The summed E-state index contributed by atoms with van der Waals surface area (Å²) in [5.41, 5.74) is 2.33. The monoisotopic (exact) mass is 359 g/mol. The Morgan fingerprint density at radius 3 is 2.84 bits per heavy atom. The average molecular weight is 360 g/mol. The van der Waals surface area contributed by atoms with Gasteiger partial charge in [-0.25, -0.2) is 4.39 Å². The second-order valence-corrected chi connectivity index (χ2v) is 5.69. The third kappa shape index (κ3) is 3.64. The van der Waals surface area contributed by atoms with Crippen molar-refractivity contribution < 1.29 is 13.9 Å². The summed E-state index contributed by atoms with van der Waals surface area (Å²) in [7, 11) is 1.49. The quantitative estimate of drug-likeness (QED) is 0.728. The first-order chi connectivity index (χ1) is 12.1. The van der Waals surface area contributed by atoms with Crippen molar-refractivity contribution in [3.63, 3.8) is 0 Å². The van der Waals surface area contributed by atoms with Crippen LogP contribution >= 0.6 is 11.6 Å². The molecule has 0 unspecified atom stereocenters. The molecule has 1 heterocycles. The zero-order chi connectivity index (χ0) is 17.8. The first-order valence-corrected chi connectivity index (χ1v) is 7.86. The van der Waals surface area contributed by atoms with Gasteiger partial charge in [-0.2, -0.15) is 5.10 Å². The topological polar surface area (TPSA) is 67.0 Å². The second kappa shape index (κ2) is 7.36. The molecule has 7 heteroatoms. The Bertz CT molecular complexity index is 877. The summed E-state index contributed by atoms with van der Waals surface area (Å²) in [4.78, 5) is 12.4. The fourth-order valence-electron chi connectivity index (χ4n) is 2.43. The van der Waals surface area contributed by atoms with Crippen LogP contribution in [0.5, 0.6) is 5.75 Å². The number of ether oxygens (including phenoxy) is 1. The highest BCUT2D eigenvalue weighted by molar-refractivity contribution is 6.31. The van der Waals surface area contributed by atoms with Gasteiger partial charge in [-0.15, -0.1) is 0 Å². The molecule has 3 aromatic rings. The minimum Gasteiger partial charge on any atom is -0.496 e. The molecule has 2 N–H and O–H groups in total. The summed E-state index contributed by atoms with van der Waals surface area (Å²) < 4.78 is 19.1. The molecule has 25 heavy (non-hydrogen) atoms. The number of halogens is 2. The Hall–Kier alpha value is -2.86. The number of rotatable bonds is 5. The smallest absolute Gasteiger partial charge is 0.255 e. The molecule has 0 saturated heterocycles. The largest absolute Gasteiger partial charge is 0.496 e. The van der Waals surface area contributed by atoms with Crippen molar-refractivity contribution in [2.24, 2.45) is 0 Å². The summed E-state index contributed by atoms with van der Waals surface area (Å²) in [6, 6.07) is 9.58. The molecular formula is C18H15ClFN3O2. The molecule has 0 radical (unpaired) electrons. The number of nitrogens with one attached hydrogen (secondary N) is 2. The zero-order valence-corrected chi connectivity index (χ0v) is 14.1. The number of methoxy groups -OCH3 is 1. The van der Waals surface area contributed by atoms with Crippen molar-refractivity contribution in [2.75, 3.05) is 7.11 Å². The summed E-state index contributed by atoms with van der Waals surface area (Å²) in [6.07, 6.45) is 3.42. The Labute approximate surface area is 148 Å². The van der Waals surface area contributed by atoms with E-state index >= 15 is 0 Å². The lowest BCUT2D eigenvalue weighted by atomic mass is 10.1. The number of amides is 1. The Morgan fingerprint density at radius 1 is 1.32 bits per heavy atom. The number of aromatic nitrogens is 2. The summed E-state index contributed by atoms with van der Waals surface area (Å²) in [5, 5.41) is 9.56. The van der Waals surface area contributed by atoms with Crippen LogP contribution in [0, 0.1) is 5.82 Å². The van der Waals surface area contributed by atoms with E-state index in [2.05, 4.69) is 15.5 Å². The lowest BCUT2D eigenvalue weighted by Gasteiger charge is -2.12. The maximum atomic E-state index is 13.8. The van der Waals surface area contributed by atoms with Crippen molar-refractivity contribution in [3.05, 3.63) is 70.8 Å². The van der Waals surface area contributed by atoms with Gasteiger partial charge in [0.2, 0.25) is 0 Å². The summed E-state index contributed by atoms with van der Waals surface area (Å²) in [6.45, 7) is -0.0169. The van der Waals surface area contributed by atoms with Crippen LogP contribution in [0.2, 0.25) is 5.02 Å². The lowest BCUT2D eigenvalue weighted by Crippen LogP contribution is -2.24. The average Bonchev–Trinajstić information content (AvgIpc) is 3.15. The first kappa shape index (κ1) is 17.0. The highest BCUT2D eigenvalue weighted by Gasteiger charge is 2.15. The Kier molecular flexibility index (Phi) is 5.00. The van der Waals surface area contributed by atoms with Gasteiger partial charge in [-0.3, -0.25) is 9.89 Å². The number of H-pyrrole nitrogens is 1. The highest BCUT2D eigenvalue weighted by atomic mass is 35.5. The molecule has 0 bridgehead atoms. The highest BCUT2D eigenvalue weighted by Crippen LogP contribution is 2.27. The predicted octanol–water partition coefficient (Wildman–Crippen LogP) is 3.81. The molecule has 0 aliphatic rings. The van der Waals surface area contributed by atoms with E-state index in [4.69, 9.17) is 16.3 Å². The van der Waals surface area contributed by atoms with Crippen LogP contribution in [0.15, 0.2) is 48.8 Å². The third-order valence-corrected chi connectivity index (χ3v) is 4.12. The van der Waals surface area contributed by atoms with Gasteiger partial charge in [-0.1, -0.05) is 23.7 Å². The van der Waals surface area contributed by atoms with Gasteiger partial charge in [0.1, 0.15) is 11.6 Å². The van der Waals surface area contributed by atoms with E-state index in [0.717, 1.165) is 11.1 Å². The molecule has 0 atom stereocenters. The SMILES string of the molecule is COc1cc(-c2cn[nH]c2)ccc1C(=O)NCc1c(F)cccc1Cl. The number of aromatic amines is 1. The van der Waals surface area contributed by atoms with Gasteiger partial charge in [0.05, 0.1) is 18.9 Å². The molecule has 1 amide bonds. The van der Waals surface area contributed by atoms with E-state index in [1.165, 1.54) is 19.2 Å². The van der Waals surface area contributed by atoms with Crippen molar-refractivity contribution in [1.82, 2.24) is 15.5 Å². The molecule has 128 valence electrons. The molecule has 3 rings (SSSR count). The molecule has 5 nitrogen and oxygen atoms in total. The Balaban J connectivity index is 1.80. The minimum atomic E-state index is -0.463. The summed E-state index contributed by atoms with van der Waals surface area (Å²) >= 11 is 5.97. The van der Waals surface area contributed by atoms with Crippen molar-refractivity contribution in [3.8, 4) is 16.9 Å². The number of carbonyl (C=O) groups excluding carboxylic acids is 1. The maximum Gasteiger partial charge on any atom is 0.255 e. The van der Waals surface area contributed by atoms with E-state index in [1.807, 2.05) is 0 Å². The third-order valence-electron chi connectivity index (χ3n) is 3.77. The number of nitrogens with zero attached hydrogens (tertiary/aromatic N) is 1. The van der Waals surface area contributed by atoms with Gasteiger partial charge >= 0.3 is 0 Å². The van der Waals surface area contributed by atoms with Crippen molar-refractivity contribution in [2.45, 2.75) is 6.54 Å². The molecule has 2 aromatic carbocycles. The van der Waals surface area contributed by atoms with Crippen LogP contribution in [0.4, 0.5) is 4.39 Å². The maximum absolute atomic E-state index is 13.8. The second-order valence-electron chi connectivity index (χ2n) is 5.28. The van der Waals surface area contributed by atoms with Crippen molar-refractivity contribution >= 4 is 17.5 Å². The van der Waals surface area contributed by atoms with Gasteiger partial charge in [-0.05, 0) is 29.8 Å². The van der Waals surface area contributed by atoms with Gasteiger partial charge < -0.3 is 10.1 Å². The van der Waals surface area contributed by atoms with Crippen LogP contribution in [0.1, 0.15) is 15.9 Å². The minimum absolute atomic E-state index is 0.0169. The first-order valence-electron chi connectivity index (χ1n) is 7.48. The van der Waals surface area contributed by atoms with Crippen LogP contribution < -0.4 is 10.1 Å². The van der Waals surface area contributed by atoms with Crippen molar-refractivity contribution in [1.29, 1.82) is 0 Å².